The molecule has 3 N–H and O–H groups in total. The number of nitrogens with one attached hydrogen (secondary N) is 1. The minimum Gasteiger partial charge on any atom is -0.480 e. The van der Waals surface area contributed by atoms with Crippen molar-refractivity contribution >= 4 is 29.3 Å². The highest BCUT2D eigenvalue weighted by Crippen LogP contribution is 1.90. The average Bonchev–Trinajstić information content (AvgIpc) is 2.11. The summed E-state index contributed by atoms with van der Waals surface area (Å²) in [4.78, 5) is 21.9. The third kappa shape index (κ3) is 6.44. The van der Waals surface area contributed by atoms with Crippen LogP contribution in [0.5, 0.6) is 0 Å². The summed E-state index contributed by atoms with van der Waals surface area (Å²) in [5, 5.41) is 19.8. The van der Waals surface area contributed by atoms with Crippen LogP contribution in [0.1, 0.15) is 0 Å². The van der Waals surface area contributed by atoms with Crippen LogP contribution in [0, 0.1) is 0 Å². The van der Waals surface area contributed by atoms with Crippen LogP contribution in [0.4, 0.5) is 0 Å². The Morgan fingerprint density at radius 1 is 1.33 bits per heavy atom. The second-order valence-electron chi connectivity index (χ2n) is 2.62. The number of carbonyl (C=O) groups is 2. The number of thiocarbonyl (C=S) groups is 1. The third-order valence-corrected chi connectivity index (χ3v) is 1.74. The van der Waals surface area contributed by atoms with E-state index in [-0.39, 0.29) is 5.11 Å². The number of hydrogen-bond donors (Lipinski definition) is 3. The molecule has 0 heterocycles. The number of carboxylic acid groups (broad SMARTS) is 2. The predicted octanol–water partition coefficient (Wildman–Crippen LogP) is -0.482. The predicted molar refractivity (Wildman–Crippen MR) is 57.6 cm³/mol. The van der Waals surface area contributed by atoms with Crippen LogP contribution in [0.2, 0.25) is 0 Å². The van der Waals surface area contributed by atoms with Gasteiger partial charge in [0.1, 0.15) is 13.1 Å². The Morgan fingerprint density at radius 2 is 1.80 bits per heavy atom. The molecule has 0 radical (unpaired) electrons. The lowest BCUT2D eigenvalue weighted by atomic mass is 10.5. The Bertz CT molecular complexity index is 264. The molecule has 7 heteroatoms. The minimum absolute atomic E-state index is 0.0831. The lowest BCUT2D eigenvalue weighted by Crippen LogP contribution is -2.45. The first-order chi connectivity index (χ1) is 6.97. The van der Waals surface area contributed by atoms with Gasteiger partial charge in [0.25, 0.3) is 0 Å². The number of aliphatic carboxylic acids is 2. The van der Waals surface area contributed by atoms with Crippen molar-refractivity contribution in [2.24, 2.45) is 0 Å². The molecule has 0 aliphatic heterocycles. The van der Waals surface area contributed by atoms with Crippen molar-refractivity contribution in [3.05, 3.63) is 12.7 Å². The zero-order chi connectivity index (χ0) is 11.8. The molecule has 0 saturated carbocycles. The fourth-order valence-electron chi connectivity index (χ4n) is 0.797. The Hall–Kier alpha value is -1.63. The van der Waals surface area contributed by atoms with Gasteiger partial charge in [-0.1, -0.05) is 6.08 Å². The molecule has 0 atom stereocenters. The number of nitrogens with zero attached hydrogens (tertiary/aromatic N) is 1. The lowest BCUT2D eigenvalue weighted by molar-refractivity contribution is -0.140. The Balaban J connectivity index is 4.32. The van der Waals surface area contributed by atoms with E-state index in [2.05, 4.69) is 11.9 Å². The van der Waals surface area contributed by atoms with Gasteiger partial charge in [-0.3, -0.25) is 9.59 Å². The van der Waals surface area contributed by atoms with Crippen LogP contribution in [0.15, 0.2) is 12.7 Å². The quantitative estimate of drug-likeness (QED) is 0.421. The topological polar surface area (TPSA) is 89.9 Å². The summed E-state index contributed by atoms with van der Waals surface area (Å²) < 4.78 is 0. The second kappa shape index (κ2) is 6.77. The van der Waals surface area contributed by atoms with Gasteiger partial charge in [0.15, 0.2) is 5.11 Å². The molecule has 0 spiro atoms. The van der Waals surface area contributed by atoms with E-state index < -0.39 is 25.0 Å². The normalized spacial score (nSPS) is 9.07. The molecule has 6 nitrogen and oxygen atoms in total. The fraction of sp³-hybridized carbons (Fsp3) is 0.375. The minimum atomic E-state index is -1.14. The largest absolute Gasteiger partial charge is 0.480 e. The van der Waals surface area contributed by atoms with Crippen LogP contribution in [0.25, 0.3) is 0 Å². The van der Waals surface area contributed by atoms with Gasteiger partial charge in [0, 0.05) is 6.54 Å². The van der Waals surface area contributed by atoms with Crippen molar-refractivity contribution in [1.82, 2.24) is 10.2 Å². The molecule has 0 unspecified atom stereocenters. The molecule has 0 aromatic carbocycles. The molecule has 84 valence electrons. The SMILES string of the molecule is C=CCNC(=S)N(CC(=O)O)CC(=O)O. The zero-order valence-electron chi connectivity index (χ0n) is 7.97. The van der Waals surface area contributed by atoms with Crippen LogP contribution in [-0.2, 0) is 9.59 Å². The maximum Gasteiger partial charge on any atom is 0.323 e. The number of carboxylic acids is 2. The molecule has 0 aliphatic carbocycles. The molecule has 0 bridgehead atoms. The van der Waals surface area contributed by atoms with Gasteiger partial charge in [-0.2, -0.15) is 0 Å². The van der Waals surface area contributed by atoms with E-state index in [1.165, 1.54) is 6.08 Å². The Morgan fingerprint density at radius 3 is 2.13 bits per heavy atom. The monoisotopic (exact) mass is 232 g/mol. The van der Waals surface area contributed by atoms with E-state index in [0.29, 0.717) is 6.54 Å². The van der Waals surface area contributed by atoms with Crippen molar-refractivity contribution in [1.29, 1.82) is 0 Å². The van der Waals surface area contributed by atoms with Gasteiger partial charge in [0.05, 0.1) is 0 Å². The summed E-state index contributed by atoms with van der Waals surface area (Å²) in [6, 6.07) is 0. The van der Waals surface area contributed by atoms with E-state index in [1.54, 1.807) is 0 Å². The first-order valence-corrected chi connectivity index (χ1v) is 4.45. The van der Waals surface area contributed by atoms with Crippen molar-refractivity contribution in [3.63, 3.8) is 0 Å². The van der Waals surface area contributed by atoms with Crippen molar-refractivity contribution in [2.75, 3.05) is 19.6 Å². The molecule has 0 aromatic heterocycles. The number of hydrogen-bond acceptors (Lipinski definition) is 3. The van der Waals surface area contributed by atoms with Gasteiger partial charge in [0.2, 0.25) is 0 Å². The van der Waals surface area contributed by atoms with Gasteiger partial charge in [-0.25, -0.2) is 0 Å². The summed E-state index contributed by atoms with van der Waals surface area (Å²) in [7, 11) is 0. The smallest absolute Gasteiger partial charge is 0.323 e. The van der Waals surface area contributed by atoms with Crippen LogP contribution in [0.3, 0.4) is 0 Å². The molecule has 0 aliphatic rings. The summed E-state index contributed by atoms with van der Waals surface area (Å²) in [5.74, 6) is -2.28. The average molecular weight is 232 g/mol. The number of rotatable bonds is 6. The van der Waals surface area contributed by atoms with Gasteiger partial charge < -0.3 is 20.4 Å². The van der Waals surface area contributed by atoms with Gasteiger partial charge in [-0.15, -0.1) is 6.58 Å². The molecule has 0 rings (SSSR count). The summed E-state index contributed by atoms with van der Waals surface area (Å²) in [6.07, 6.45) is 1.53. The fourth-order valence-corrected chi connectivity index (χ4v) is 1.01. The molecule has 0 amide bonds. The molecular formula is C8H12N2O4S. The van der Waals surface area contributed by atoms with E-state index in [9.17, 15) is 9.59 Å². The maximum absolute atomic E-state index is 10.4. The lowest BCUT2D eigenvalue weighted by Gasteiger charge is -2.21. The van der Waals surface area contributed by atoms with E-state index in [4.69, 9.17) is 22.4 Å². The maximum atomic E-state index is 10.4. The Kier molecular flexibility index (Phi) is 6.03. The van der Waals surface area contributed by atoms with Crippen LogP contribution in [-0.4, -0.2) is 51.8 Å². The summed E-state index contributed by atoms with van der Waals surface area (Å²) in [5.41, 5.74) is 0. The van der Waals surface area contributed by atoms with E-state index in [0.717, 1.165) is 4.90 Å². The molecular weight excluding hydrogens is 220 g/mol. The first-order valence-electron chi connectivity index (χ1n) is 4.04. The highest BCUT2D eigenvalue weighted by molar-refractivity contribution is 7.80. The molecule has 0 aromatic rings. The Labute approximate surface area is 92.2 Å². The highest BCUT2D eigenvalue weighted by Gasteiger charge is 2.15. The van der Waals surface area contributed by atoms with Crippen molar-refractivity contribution < 1.29 is 19.8 Å². The van der Waals surface area contributed by atoms with Crippen molar-refractivity contribution in [3.8, 4) is 0 Å². The second-order valence-corrected chi connectivity index (χ2v) is 3.00. The zero-order valence-corrected chi connectivity index (χ0v) is 8.79. The summed E-state index contributed by atoms with van der Waals surface area (Å²) >= 11 is 4.82. The molecule has 15 heavy (non-hydrogen) atoms. The first kappa shape index (κ1) is 13.4. The summed E-state index contributed by atoms with van der Waals surface area (Å²) in [6.45, 7) is 2.90. The van der Waals surface area contributed by atoms with Crippen LogP contribution >= 0.6 is 12.2 Å². The van der Waals surface area contributed by atoms with Crippen molar-refractivity contribution in [2.45, 2.75) is 0 Å². The van der Waals surface area contributed by atoms with Crippen LogP contribution < -0.4 is 5.32 Å². The highest BCUT2D eigenvalue weighted by atomic mass is 32.1. The van der Waals surface area contributed by atoms with Gasteiger partial charge in [-0.05, 0) is 12.2 Å². The van der Waals surface area contributed by atoms with E-state index in [1.807, 2.05) is 0 Å². The molecule has 0 fully saturated rings. The van der Waals surface area contributed by atoms with E-state index >= 15 is 0 Å². The molecule has 0 saturated heterocycles. The standard InChI is InChI=1S/C8H12N2O4S/c1-2-3-9-8(15)10(4-6(11)12)5-7(13)14/h2H,1,3-5H2,(H,9,15)(H,11,12)(H,13,14). The van der Waals surface area contributed by atoms with Gasteiger partial charge >= 0.3 is 11.9 Å². The third-order valence-electron chi connectivity index (χ3n) is 1.34.